The van der Waals surface area contributed by atoms with Crippen LogP contribution in [0.25, 0.3) is 0 Å². The summed E-state index contributed by atoms with van der Waals surface area (Å²) in [5.74, 6) is 0.311. The molecule has 21 heavy (non-hydrogen) atoms. The molecule has 8 nitrogen and oxygen atoms in total. The number of sulfonamides is 1. The van der Waals surface area contributed by atoms with Gasteiger partial charge in [0.15, 0.2) is 5.82 Å². The summed E-state index contributed by atoms with van der Waals surface area (Å²) in [7, 11) is -3.57. The molecule has 0 aromatic carbocycles. The van der Waals surface area contributed by atoms with Gasteiger partial charge in [0, 0.05) is 12.6 Å². The summed E-state index contributed by atoms with van der Waals surface area (Å²) < 4.78 is 27.4. The van der Waals surface area contributed by atoms with Crippen molar-refractivity contribution in [1.82, 2.24) is 30.7 Å². The number of aromatic amines is 1. The molecule has 3 N–H and O–H groups in total. The zero-order chi connectivity index (χ0) is 14.9. The summed E-state index contributed by atoms with van der Waals surface area (Å²) in [5.41, 5.74) is 0.986. The van der Waals surface area contributed by atoms with E-state index >= 15 is 0 Å². The number of thiophene rings is 1. The lowest BCUT2D eigenvalue weighted by Crippen LogP contribution is -2.27. The van der Waals surface area contributed by atoms with Gasteiger partial charge in [0.05, 0.1) is 6.04 Å². The van der Waals surface area contributed by atoms with E-state index in [4.69, 9.17) is 0 Å². The lowest BCUT2D eigenvalue weighted by atomic mass is 10.3. The van der Waals surface area contributed by atoms with Crippen LogP contribution in [0.3, 0.4) is 0 Å². The quantitative estimate of drug-likeness (QED) is 0.684. The van der Waals surface area contributed by atoms with Crippen LogP contribution in [0.1, 0.15) is 37.2 Å². The van der Waals surface area contributed by atoms with Crippen molar-refractivity contribution in [3.05, 3.63) is 22.8 Å². The number of hydrogen-bond donors (Lipinski definition) is 3. The van der Waals surface area contributed by atoms with Crippen LogP contribution in [0.15, 0.2) is 15.7 Å². The van der Waals surface area contributed by atoms with Gasteiger partial charge in [-0.3, -0.25) is 0 Å². The van der Waals surface area contributed by atoms with Crippen LogP contribution in [-0.4, -0.2) is 35.1 Å². The van der Waals surface area contributed by atoms with Gasteiger partial charge in [-0.25, -0.2) is 8.42 Å². The highest BCUT2D eigenvalue weighted by molar-refractivity contribution is 7.91. The number of H-pyrrole nitrogens is 1. The minimum absolute atomic E-state index is 0.297. The minimum Gasteiger partial charge on any atom is -0.310 e. The molecule has 2 aromatic heterocycles. The summed E-state index contributed by atoms with van der Waals surface area (Å²) in [4.78, 5) is 0. The van der Waals surface area contributed by atoms with Crippen molar-refractivity contribution >= 4 is 21.4 Å². The van der Waals surface area contributed by atoms with Crippen molar-refractivity contribution in [2.45, 2.75) is 42.6 Å². The van der Waals surface area contributed by atoms with Gasteiger partial charge in [0.2, 0.25) is 0 Å². The van der Waals surface area contributed by atoms with Crippen LogP contribution in [0.4, 0.5) is 0 Å². The third-order valence-electron chi connectivity index (χ3n) is 3.15. The normalized spacial score (nSPS) is 17.0. The molecule has 1 unspecified atom stereocenters. The third kappa shape index (κ3) is 3.64. The highest BCUT2D eigenvalue weighted by Crippen LogP contribution is 2.24. The van der Waals surface area contributed by atoms with E-state index in [1.807, 2.05) is 5.38 Å². The molecule has 0 amide bonds. The van der Waals surface area contributed by atoms with E-state index in [9.17, 15) is 8.42 Å². The molecular weight excluding hydrogens is 312 g/mol. The van der Waals surface area contributed by atoms with E-state index in [-0.39, 0.29) is 0 Å². The summed E-state index contributed by atoms with van der Waals surface area (Å²) in [5, 5.41) is 18.5. The molecule has 3 rings (SSSR count). The Morgan fingerprint density at radius 1 is 1.52 bits per heavy atom. The van der Waals surface area contributed by atoms with E-state index in [1.54, 1.807) is 13.0 Å². The average molecular weight is 328 g/mol. The molecule has 1 atom stereocenters. The van der Waals surface area contributed by atoms with Crippen LogP contribution in [-0.2, 0) is 16.6 Å². The molecule has 0 spiro atoms. The summed E-state index contributed by atoms with van der Waals surface area (Å²) >= 11 is 1.21. The molecule has 1 saturated carbocycles. The van der Waals surface area contributed by atoms with Crippen LogP contribution >= 0.6 is 11.3 Å². The first-order chi connectivity index (χ1) is 10.0. The Bertz CT molecular complexity index is 692. The van der Waals surface area contributed by atoms with Gasteiger partial charge in [-0.15, -0.1) is 21.5 Å². The smallest absolute Gasteiger partial charge is 0.250 e. The van der Waals surface area contributed by atoms with Crippen LogP contribution in [0, 0.1) is 0 Å². The van der Waals surface area contributed by atoms with Crippen molar-refractivity contribution in [3.63, 3.8) is 0 Å². The van der Waals surface area contributed by atoms with E-state index in [2.05, 4.69) is 30.7 Å². The fourth-order valence-corrected chi connectivity index (χ4v) is 4.26. The minimum atomic E-state index is -3.57. The van der Waals surface area contributed by atoms with Crippen molar-refractivity contribution < 1.29 is 8.42 Å². The Labute approximate surface area is 126 Å². The topological polar surface area (TPSA) is 113 Å². The fourth-order valence-electron chi connectivity index (χ4n) is 1.83. The lowest BCUT2D eigenvalue weighted by molar-refractivity contribution is 0.562. The van der Waals surface area contributed by atoms with E-state index in [0.717, 1.165) is 5.56 Å². The van der Waals surface area contributed by atoms with Crippen molar-refractivity contribution in [2.75, 3.05) is 0 Å². The fraction of sp³-hybridized carbons (Fsp3) is 0.545. The van der Waals surface area contributed by atoms with Gasteiger partial charge >= 0.3 is 0 Å². The number of nitrogens with zero attached hydrogens (tertiary/aromatic N) is 3. The summed E-state index contributed by atoms with van der Waals surface area (Å²) in [6, 6.07) is 1.76. The van der Waals surface area contributed by atoms with Gasteiger partial charge in [-0.2, -0.15) is 9.94 Å². The Morgan fingerprint density at radius 3 is 3.00 bits per heavy atom. The van der Waals surface area contributed by atoms with Crippen molar-refractivity contribution in [1.29, 1.82) is 0 Å². The maximum atomic E-state index is 12.3. The molecule has 0 aliphatic heterocycles. The van der Waals surface area contributed by atoms with E-state index < -0.39 is 16.1 Å². The molecule has 1 aliphatic carbocycles. The Balaban J connectivity index is 1.66. The average Bonchev–Trinajstić information content (AvgIpc) is 2.96. The molecule has 1 fully saturated rings. The molecule has 1 aliphatic rings. The first-order valence-electron chi connectivity index (χ1n) is 6.61. The number of rotatable bonds is 7. The lowest BCUT2D eigenvalue weighted by Gasteiger charge is -2.09. The maximum absolute atomic E-state index is 12.3. The number of nitrogens with one attached hydrogen (secondary N) is 3. The third-order valence-corrected chi connectivity index (χ3v) is 6.18. The van der Waals surface area contributed by atoms with Gasteiger partial charge in [-0.1, -0.05) is 5.21 Å². The van der Waals surface area contributed by atoms with E-state index in [1.165, 1.54) is 24.2 Å². The predicted molar refractivity (Wildman–Crippen MR) is 77.1 cm³/mol. The molecule has 2 heterocycles. The maximum Gasteiger partial charge on any atom is 0.250 e. The zero-order valence-electron chi connectivity index (χ0n) is 11.4. The van der Waals surface area contributed by atoms with Crippen LogP contribution < -0.4 is 10.0 Å². The first kappa shape index (κ1) is 14.6. The van der Waals surface area contributed by atoms with Crippen molar-refractivity contribution in [2.24, 2.45) is 0 Å². The highest BCUT2D eigenvalue weighted by atomic mass is 32.2. The summed E-state index contributed by atoms with van der Waals surface area (Å²) in [6.45, 7) is 2.38. The Kier molecular flexibility index (Phi) is 4.02. The highest BCUT2D eigenvalue weighted by Gasteiger charge is 2.23. The molecule has 114 valence electrons. The monoisotopic (exact) mass is 328 g/mol. The van der Waals surface area contributed by atoms with Gasteiger partial charge < -0.3 is 5.32 Å². The van der Waals surface area contributed by atoms with Crippen LogP contribution in [0.2, 0.25) is 0 Å². The molecule has 2 aromatic rings. The predicted octanol–water partition coefficient (Wildman–Crippen LogP) is 0.553. The molecule has 0 bridgehead atoms. The zero-order valence-corrected chi connectivity index (χ0v) is 13.0. The second-order valence-electron chi connectivity index (χ2n) is 5.04. The largest absolute Gasteiger partial charge is 0.310 e. The number of hydrogen-bond acceptors (Lipinski definition) is 7. The Hall–Kier alpha value is -1.36. The molecule has 0 radical (unpaired) electrons. The molecule has 0 saturated heterocycles. The van der Waals surface area contributed by atoms with Crippen molar-refractivity contribution in [3.8, 4) is 0 Å². The number of tetrazole rings is 1. The van der Waals surface area contributed by atoms with Gasteiger partial charge in [0.1, 0.15) is 4.21 Å². The summed E-state index contributed by atoms with van der Waals surface area (Å²) in [6.07, 6.45) is 2.41. The number of aromatic nitrogens is 4. The second-order valence-corrected chi connectivity index (χ2v) is 7.89. The van der Waals surface area contributed by atoms with Gasteiger partial charge in [-0.05, 0) is 36.8 Å². The SMILES string of the molecule is CC(NS(=O)(=O)c1cc(CNC2CC2)cs1)c1nn[nH]n1. The van der Waals surface area contributed by atoms with Gasteiger partial charge in [0.25, 0.3) is 10.0 Å². The molecule has 10 heteroatoms. The van der Waals surface area contributed by atoms with E-state index in [0.29, 0.717) is 22.6 Å². The first-order valence-corrected chi connectivity index (χ1v) is 8.97. The molecular formula is C11H16N6O2S2. The second kappa shape index (κ2) is 5.79. The standard InChI is InChI=1S/C11H16N6O2S2/c1-7(11-13-16-17-14-11)15-21(18,19)10-4-8(6-20-10)5-12-9-2-3-9/h4,6-7,9,12,15H,2-3,5H2,1H3,(H,13,14,16,17). The van der Waals surface area contributed by atoms with Crippen LogP contribution in [0.5, 0.6) is 0 Å². The Morgan fingerprint density at radius 2 is 2.33 bits per heavy atom.